The molecule has 3 aliphatic carbocycles. The Morgan fingerprint density at radius 3 is 2.33 bits per heavy atom. The van der Waals surface area contributed by atoms with Crippen molar-refractivity contribution in [2.75, 3.05) is 5.32 Å². The molecule has 27 heavy (non-hydrogen) atoms. The van der Waals surface area contributed by atoms with Crippen molar-refractivity contribution in [2.45, 2.75) is 52.0 Å². The standard InChI is InChI=1S/C19H24N4O3S/c1-3-5-13-21-22-19(27-13)20-16(24)12(4-2)23-17(25)14-10-6-7-11(9-8-10)15(14)18(23)26/h6-7,10-12,14-15H,3-5,8-9H2,1-2H3,(H,20,22,24)/t10-,11-,12-,14-,15+/m0/s1. The van der Waals surface area contributed by atoms with Gasteiger partial charge in [0.15, 0.2) is 0 Å². The number of hydrogen-bond donors (Lipinski definition) is 1. The van der Waals surface area contributed by atoms with Crippen molar-refractivity contribution in [3.05, 3.63) is 17.2 Å². The highest BCUT2D eigenvalue weighted by Gasteiger charge is 2.58. The molecule has 2 bridgehead atoms. The van der Waals surface area contributed by atoms with Gasteiger partial charge in [-0.2, -0.15) is 0 Å². The zero-order valence-corrected chi connectivity index (χ0v) is 16.4. The Kier molecular flexibility index (Phi) is 4.84. The zero-order chi connectivity index (χ0) is 19.1. The van der Waals surface area contributed by atoms with Crippen LogP contribution in [0.1, 0.15) is 44.5 Å². The second kappa shape index (κ2) is 7.14. The zero-order valence-electron chi connectivity index (χ0n) is 15.6. The van der Waals surface area contributed by atoms with Gasteiger partial charge in [-0.05, 0) is 37.5 Å². The maximum absolute atomic E-state index is 13.1. The molecule has 1 saturated carbocycles. The first kappa shape index (κ1) is 18.3. The number of nitrogens with one attached hydrogen (secondary N) is 1. The highest BCUT2D eigenvalue weighted by Crippen LogP contribution is 2.50. The summed E-state index contributed by atoms with van der Waals surface area (Å²) < 4.78 is 0. The number of fused-ring (bicyclic) bond motifs is 1. The van der Waals surface area contributed by atoms with E-state index in [9.17, 15) is 14.4 Å². The predicted octanol–water partition coefficient (Wildman–Crippen LogP) is 2.40. The maximum Gasteiger partial charge on any atom is 0.249 e. The normalized spacial score (nSPS) is 29.9. The van der Waals surface area contributed by atoms with E-state index in [1.165, 1.54) is 16.2 Å². The van der Waals surface area contributed by atoms with Gasteiger partial charge in [0.25, 0.3) is 0 Å². The minimum Gasteiger partial charge on any atom is -0.299 e. The van der Waals surface area contributed by atoms with Gasteiger partial charge in [0.1, 0.15) is 11.0 Å². The first-order valence-corrected chi connectivity index (χ1v) is 10.5. The first-order valence-electron chi connectivity index (χ1n) is 9.73. The number of aromatic nitrogens is 2. The molecule has 0 aromatic carbocycles. The molecule has 8 heteroatoms. The number of allylic oxidation sites excluding steroid dienone is 2. The number of carbonyl (C=O) groups is 3. The molecule has 0 spiro atoms. The van der Waals surface area contributed by atoms with Crippen LogP contribution in [-0.2, 0) is 20.8 Å². The van der Waals surface area contributed by atoms with Crippen LogP contribution in [0, 0.1) is 23.7 Å². The van der Waals surface area contributed by atoms with Crippen LogP contribution in [0.5, 0.6) is 0 Å². The molecule has 3 amide bonds. The molecule has 5 rings (SSSR count). The van der Waals surface area contributed by atoms with Gasteiger partial charge >= 0.3 is 0 Å². The van der Waals surface area contributed by atoms with Crippen LogP contribution in [0.4, 0.5) is 5.13 Å². The van der Waals surface area contributed by atoms with E-state index in [0.29, 0.717) is 11.6 Å². The van der Waals surface area contributed by atoms with Crippen LogP contribution < -0.4 is 5.32 Å². The van der Waals surface area contributed by atoms with Crippen molar-refractivity contribution >= 4 is 34.2 Å². The number of carbonyl (C=O) groups excluding carboxylic acids is 3. The molecule has 1 aliphatic heterocycles. The van der Waals surface area contributed by atoms with E-state index in [4.69, 9.17) is 0 Å². The van der Waals surface area contributed by atoms with Crippen molar-refractivity contribution in [1.82, 2.24) is 15.1 Å². The predicted molar refractivity (Wildman–Crippen MR) is 101 cm³/mol. The molecule has 1 N–H and O–H groups in total. The van der Waals surface area contributed by atoms with Gasteiger partial charge in [0, 0.05) is 6.42 Å². The van der Waals surface area contributed by atoms with Crippen LogP contribution in [0.3, 0.4) is 0 Å². The number of likely N-dealkylation sites (tertiary alicyclic amines) is 1. The Balaban J connectivity index is 1.52. The van der Waals surface area contributed by atoms with Crippen LogP contribution in [0.15, 0.2) is 12.2 Å². The molecule has 0 unspecified atom stereocenters. The minimum atomic E-state index is -0.798. The lowest BCUT2D eigenvalue weighted by Gasteiger charge is -2.38. The first-order chi connectivity index (χ1) is 13.0. The Labute approximate surface area is 162 Å². The second-order valence-electron chi connectivity index (χ2n) is 7.55. The number of rotatable bonds is 6. The highest BCUT2D eigenvalue weighted by molar-refractivity contribution is 7.15. The SMILES string of the molecule is CCCc1nnc(NC(=O)[C@H](CC)N2C(=O)[C@@H]3[C@H](C2=O)[C@H]2C=C[C@H]3CC2)s1. The summed E-state index contributed by atoms with van der Waals surface area (Å²) in [6.07, 6.45) is 8.21. The monoisotopic (exact) mass is 388 g/mol. The molecule has 1 aromatic heterocycles. The molecule has 144 valence electrons. The van der Waals surface area contributed by atoms with E-state index >= 15 is 0 Å². The van der Waals surface area contributed by atoms with Crippen LogP contribution in [0.2, 0.25) is 0 Å². The van der Waals surface area contributed by atoms with Gasteiger partial charge in [-0.15, -0.1) is 10.2 Å². The third-order valence-corrected chi connectivity index (χ3v) is 6.85. The second-order valence-corrected chi connectivity index (χ2v) is 8.61. The van der Waals surface area contributed by atoms with Crippen LogP contribution in [0.25, 0.3) is 0 Å². The van der Waals surface area contributed by atoms with Gasteiger partial charge in [-0.25, -0.2) is 0 Å². The summed E-state index contributed by atoms with van der Waals surface area (Å²) in [5.41, 5.74) is 0. The topological polar surface area (TPSA) is 92.3 Å². The Morgan fingerprint density at radius 2 is 1.81 bits per heavy atom. The van der Waals surface area contributed by atoms with Crippen molar-refractivity contribution in [3.63, 3.8) is 0 Å². The van der Waals surface area contributed by atoms with E-state index in [1.807, 2.05) is 6.92 Å². The fraction of sp³-hybridized carbons (Fsp3) is 0.632. The molecular formula is C19H24N4O3S. The number of anilines is 1. The third kappa shape index (κ3) is 2.99. The van der Waals surface area contributed by atoms with E-state index < -0.39 is 6.04 Å². The average molecular weight is 388 g/mol. The number of amides is 3. The molecule has 1 saturated heterocycles. The van der Waals surface area contributed by atoms with E-state index in [0.717, 1.165) is 30.7 Å². The number of aryl methyl sites for hydroxylation is 1. The van der Waals surface area contributed by atoms with Crippen LogP contribution in [-0.4, -0.2) is 38.9 Å². The lowest BCUT2D eigenvalue weighted by atomic mass is 9.63. The molecule has 7 nitrogen and oxygen atoms in total. The van der Waals surface area contributed by atoms with Crippen LogP contribution >= 0.6 is 11.3 Å². The lowest BCUT2D eigenvalue weighted by Crippen LogP contribution is -2.47. The quantitative estimate of drug-likeness (QED) is 0.597. The fourth-order valence-electron chi connectivity index (χ4n) is 4.70. The van der Waals surface area contributed by atoms with Gasteiger partial charge < -0.3 is 0 Å². The van der Waals surface area contributed by atoms with Gasteiger partial charge in [0.2, 0.25) is 22.9 Å². The number of hydrogen-bond acceptors (Lipinski definition) is 6. The largest absolute Gasteiger partial charge is 0.299 e. The number of imide groups is 1. The molecule has 0 radical (unpaired) electrons. The Bertz CT molecular complexity index is 773. The molecule has 4 aliphatic rings. The molecule has 1 aromatic rings. The van der Waals surface area contributed by atoms with E-state index in [-0.39, 0.29) is 41.4 Å². The lowest BCUT2D eigenvalue weighted by molar-refractivity contribution is -0.146. The summed E-state index contributed by atoms with van der Waals surface area (Å²) in [7, 11) is 0. The number of nitrogens with zero attached hydrogens (tertiary/aromatic N) is 3. The van der Waals surface area contributed by atoms with E-state index in [2.05, 4.69) is 34.6 Å². The highest BCUT2D eigenvalue weighted by atomic mass is 32.1. The summed E-state index contributed by atoms with van der Waals surface area (Å²) in [5, 5.41) is 12.1. The summed E-state index contributed by atoms with van der Waals surface area (Å²) in [6.45, 7) is 3.88. The molecule has 5 atom stereocenters. The van der Waals surface area contributed by atoms with E-state index in [1.54, 1.807) is 0 Å². The molecule has 2 fully saturated rings. The summed E-state index contributed by atoms with van der Waals surface area (Å²) in [4.78, 5) is 40.2. The van der Waals surface area contributed by atoms with Crippen molar-refractivity contribution in [1.29, 1.82) is 0 Å². The summed E-state index contributed by atoms with van der Waals surface area (Å²) >= 11 is 1.34. The van der Waals surface area contributed by atoms with Crippen molar-refractivity contribution in [2.24, 2.45) is 23.7 Å². The van der Waals surface area contributed by atoms with Crippen molar-refractivity contribution in [3.8, 4) is 0 Å². The average Bonchev–Trinajstić information content (AvgIpc) is 3.22. The Morgan fingerprint density at radius 1 is 1.19 bits per heavy atom. The van der Waals surface area contributed by atoms with Gasteiger partial charge in [-0.3, -0.25) is 24.6 Å². The fourth-order valence-corrected chi connectivity index (χ4v) is 5.54. The smallest absolute Gasteiger partial charge is 0.249 e. The Hall–Kier alpha value is -2.09. The maximum atomic E-state index is 13.1. The van der Waals surface area contributed by atoms with Gasteiger partial charge in [-0.1, -0.05) is 37.3 Å². The minimum absolute atomic E-state index is 0.127. The third-order valence-electron chi connectivity index (χ3n) is 5.96. The molecular weight excluding hydrogens is 364 g/mol. The summed E-state index contributed by atoms with van der Waals surface area (Å²) in [6, 6.07) is -0.798. The summed E-state index contributed by atoms with van der Waals surface area (Å²) in [5.74, 6) is -1.06. The molecule has 2 heterocycles. The van der Waals surface area contributed by atoms with Gasteiger partial charge in [0.05, 0.1) is 11.8 Å². The van der Waals surface area contributed by atoms with Crippen molar-refractivity contribution < 1.29 is 14.4 Å².